The van der Waals surface area contributed by atoms with Crippen molar-refractivity contribution in [2.24, 2.45) is 5.10 Å². The number of aryl methyl sites for hydroxylation is 1. The van der Waals surface area contributed by atoms with E-state index in [-0.39, 0.29) is 0 Å². The zero-order valence-electron chi connectivity index (χ0n) is 10.8. The summed E-state index contributed by atoms with van der Waals surface area (Å²) in [6.07, 6.45) is 1.58. The number of ether oxygens (including phenoxy) is 1. The molecule has 2 rings (SSSR count). The molecule has 0 aliphatic carbocycles. The molecule has 0 aliphatic heterocycles. The maximum atomic E-state index is 11.1. The lowest BCUT2D eigenvalue weighted by atomic mass is 10.2. The fourth-order valence-corrected chi connectivity index (χ4v) is 1.85. The van der Waals surface area contributed by atoms with E-state index in [1.807, 2.05) is 18.2 Å². The minimum atomic E-state index is -0.534. The Kier molecular flexibility index (Phi) is 4.46. The second kappa shape index (κ2) is 6.29. The van der Waals surface area contributed by atoms with Crippen LogP contribution < -0.4 is 15.9 Å². The molecule has 104 valence electrons. The number of aromatic amines is 1. The van der Waals surface area contributed by atoms with Gasteiger partial charge in [0.2, 0.25) is 0 Å². The number of rotatable bonds is 4. The molecule has 1 aromatic heterocycles. The molecule has 0 radical (unpaired) electrons. The Bertz CT molecular complexity index is 698. The van der Waals surface area contributed by atoms with Crippen molar-refractivity contribution in [1.29, 1.82) is 0 Å². The van der Waals surface area contributed by atoms with Gasteiger partial charge in [-0.05, 0) is 25.1 Å². The van der Waals surface area contributed by atoms with Gasteiger partial charge in [0.15, 0.2) is 5.82 Å². The molecule has 0 spiro atoms. The van der Waals surface area contributed by atoms with Crippen LogP contribution in [0.3, 0.4) is 0 Å². The molecule has 0 unspecified atom stereocenters. The van der Waals surface area contributed by atoms with E-state index in [4.69, 9.17) is 4.74 Å². The monoisotopic (exact) mass is 337 g/mol. The van der Waals surface area contributed by atoms with Crippen LogP contribution in [0.5, 0.6) is 5.75 Å². The Labute approximate surface area is 123 Å². The summed E-state index contributed by atoms with van der Waals surface area (Å²) in [6.45, 7) is 1.71. The van der Waals surface area contributed by atoms with Crippen molar-refractivity contribution in [3.8, 4) is 5.75 Å². The molecule has 0 atom stereocenters. The first-order valence-electron chi connectivity index (χ1n) is 5.66. The highest BCUT2D eigenvalue weighted by atomic mass is 79.9. The Hall–Kier alpha value is -2.22. The van der Waals surface area contributed by atoms with Gasteiger partial charge < -0.3 is 4.74 Å². The Balaban J connectivity index is 2.20. The number of H-pyrrole nitrogens is 1. The largest absolute Gasteiger partial charge is 0.496 e. The molecule has 0 aliphatic rings. The fourth-order valence-electron chi connectivity index (χ4n) is 1.47. The van der Waals surface area contributed by atoms with Crippen LogP contribution in [0, 0.1) is 6.92 Å². The number of benzene rings is 1. The summed E-state index contributed by atoms with van der Waals surface area (Å²) < 4.78 is 6.13. The van der Waals surface area contributed by atoms with Crippen molar-refractivity contribution in [3.63, 3.8) is 0 Å². The number of hydrogen-bond acceptors (Lipinski definition) is 6. The van der Waals surface area contributed by atoms with Crippen LogP contribution in [0.1, 0.15) is 11.3 Å². The Morgan fingerprint density at radius 1 is 1.50 bits per heavy atom. The fraction of sp³-hybridized carbons (Fsp3) is 0.167. The van der Waals surface area contributed by atoms with Gasteiger partial charge in [0.25, 0.3) is 0 Å². The molecule has 8 heteroatoms. The predicted molar refractivity (Wildman–Crippen MR) is 79.3 cm³/mol. The highest BCUT2D eigenvalue weighted by Gasteiger charge is 2.02. The van der Waals surface area contributed by atoms with Crippen molar-refractivity contribution >= 4 is 28.0 Å². The van der Waals surface area contributed by atoms with E-state index < -0.39 is 5.69 Å². The number of hydrogen-bond donors (Lipinski definition) is 2. The number of methoxy groups -OCH3 is 1. The summed E-state index contributed by atoms with van der Waals surface area (Å²) in [4.78, 5) is 14.8. The average molecular weight is 338 g/mol. The average Bonchev–Trinajstić information content (AvgIpc) is 2.43. The molecule has 0 saturated heterocycles. The van der Waals surface area contributed by atoms with Gasteiger partial charge in [0.1, 0.15) is 11.4 Å². The van der Waals surface area contributed by atoms with E-state index in [0.717, 1.165) is 10.0 Å². The minimum absolute atomic E-state index is 0.305. The molecule has 2 aromatic rings. The lowest BCUT2D eigenvalue weighted by Gasteiger charge is -2.05. The molecule has 7 nitrogen and oxygen atoms in total. The van der Waals surface area contributed by atoms with Crippen molar-refractivity contribution in [3.05, 3.63) is 44.4 Å². The summed E-state index contributed by atoms with van der Waals surface area (Å²) in [7, 11) is 1.58. The van der Waals surface area contributed by atoms with E-state index in [9.17, 15) is 4.79 Å². The summed E-state index contributed by atoms with van der Waals surface area (Å²) in [5, 5.41) is 10.1. The third kappa shape index (κ3) is 3.41. The van der Waals surface area contributed by atoms with Gasteiger partial charge in [0.05, 0.1) is 13.3 Å². The smallest absolute Gasteiger partial charge is 0.363 e. The second-order valence-corrected chi connectivity index (χ2v) is 4.75. The molecule has 0 fully saturated rings. The topological polar surface area (TPSA) is 92.3 Å². The third-order valence-electron chi connectivity index (χ3n) is 2.44. The van der Waals surface area contributed by atoms with Crippen LogP contribution >= 0.6 is 15.9 Å². The van der Waals surface area contributed by atoms with Crippen molar-refractivity contribution in [2.45, 2.75) is 6.92 Å². The van der Waals surface area contributed by atoms with Crippen LogP contribution in [-0.2, 0) is 0 Å². The molecule has 0 bridgehead atoms. The van der Waals surface area contributed by atoms with Crippen molar-refractivity contribution in [2.75, 3.05) is 12.5 Å². The van der Waals surface area contributed by atoms with Gasteiger partial charge >= 0.3 is 5.69 Å². The van der Waals surface area contributed by atoms with Gasteiger partial charge in [-0.1, -0.05) is 15.9 Å². The number of hydrazone groups is 1. The summed E-state index contributed by atoms with van der Waals surface area (Å²) in [5.74, 6) is 0.992. The molecule has 0 saturated carbocycles. The first kappa shape index (κ1) is 14.2. The van der Waals surface area contributed by atoms with E-state index in [1.54, 1.807) is 20.2 Å². The molecular weight excluding hydrogens is 326 g/mol. The van der Waals surface area contributed by atoms with E-state index >= 15 is 0 Å². The Morgan fingerprint density at radius 3 is 3.05 bits per heavy atom. The summed E-state index contributed by atoms with van der Waals surface area (Å²) in [5.41, 5.74) is 3.47. The van der Waals surface area contributed by atoms with Crippen LogP contribution in [0.25, 0.3) is 0 Å². The van der Waals surface area contributed by atoms with Gasteiger partial charge in [0, 0.05) is 10.0 Å². The standard InChI is InChI=1S/C12H12BrN5O2/c1-7-11(15-12(19)18-16-7)17-14-6-8-5-9(13)3-4-10(8)20-2/h3-6H,1-2H3,(H2,15,17,18,19)/b14-6+. The van der Waals surface area contributed by atoms with Gasteiger partial charge in [-0.25, -0.2) is 9.89 Å². The first-order chi connectivity index (χ1) is 9.60. The lowest BCUT2D eigenvalue weighted by Crippen LogP contribution is -2.15. The molecule has 2 N–H and O–H groups in total. The predicted octanol–water partition coefficient (Wildman–Crippen LogP) is 1.69. The number of nitrogens with zero attached hydrogens (tertiary/aromatic N) is 3. The Morgan fingerprint density at radius 2 is 2.30 bits per heavy atom. The zero-order valence-corrected chi connectivity index (χ0v) is 12.4. The number of halogens is 1. The molecule has 1 aromatic carbocycles. The van der Waals surface area contributed by atoms with E-state index in [0.29, 0.717) is 17.3 Å². The summed E-state index contributed by atoms with van der Waals surface area (Å²) >= 11 is 3.38. The molecule has 20 heavy (non-hydrogen) atoms. The normalized spacial score (nSPS) is 10.8. The maximum absolute atomic E-state index is 11.1. The van der Waals surface area contributed by atoms with Crippen molar-refractivity contribution in [1.82, 2.24) is 15.2 Å². The van der Waals surface area contributed by atoms with Crippen LogP contribution in [0.15, 0.2) is 32.6 Å². The van der Waals surface area contributed by atoms with Gasteiger partial charge in [-0.3, -0.25) is 5.43 Å². The lowest BCUT2D eigenvalue weighted by molar-refractivity contribution is 0.414. The van der Waals surface area contributed by atoms with Crippen LogP contribution in [0.4, 0.5) is 5.82 Å². The number of aromatic nitrogens is 3. The highest BCUT2D eigenvalue weighted by Crippen LogP contribution is 2.21. The molecule has 0 amide bonds. The SMILES string of the molecule is COc1ccc(Br)cc1/C=N/Nc1nc(=O)[nH]nc1C. The maximum Gasteiger partial charge on any atom is 0.363 e. The second-order valence-electron chi connectivity index (χ2n) is 3.83. The van der Waals surface area contributed by atoms with E-state index in [2.05, 4.69) is 41.6 Å². The first-order valence-corrected chi connectivity index (χ1v) is 6.45. The molecular formula is C12H12BrN5O2. The number of nitrogens with one attached hydrogen (secondary N) is 2. The van der Waals surface area contributed by atoms with Crippen LogP contribution in [-0.4, -0.2) is 28.5 Å². The van der Waals surface area contributed by atoms with Gasteiger partial charge in [-0.2, -0.15) is 15.2 Å². The van der Waals surface area contributed by atoms with E-state index in [1.165, 1.54) is 0 Å². The van der Waals surface area contributed by atoms with Crippen molar-refractivity contribution < 1.29 is 4.74 Å². The minimum Gasteiger partial charge on any atom is -0.496 e. The highest BCUT2D eigenvalue weighted by molar-refractivity contribution is 9.10. The van der Waals surface area contributed by atoms with Gasteiger partial charge in [-0.15, -0.1) is 0 Å². The third-order valence-corrected chi connectivity index (χ3v) is 2.93. The van der Waals surface area contributed by atoms with Crippen LogP contribution in [0.2, 0.25) is 0 Å². The quantitative estimate of drug-likeness (QED) is 0.654. The molecule has 1 heterocycles. The summed E-state index contributed by atoms with van der Waals surface area (Å²) in [6, 6.07) is 5.56. The zero-order chi connectivity index (χ0) is 14.5. The number of anilines is 1.